The van der Waals surface area contributed by atoms with Crippen molar-refractivity contribution in [3.05, 3.63) is 21.9 Å². The minimum atomic E-state index is -0.536. The lowest BCUT2D eigenvalue weighted by Crippen LogP contribution is -1.91. The molecule has 0 radical (unpaired) electrons. The van der Waals surface area contributed by atoms with Crippen molar-refractivity contribution in [2.75, 3.05) is 0 Å². The number of aliphatic hydroxyl groups is 1. The minimum absolute atomic E-state index is 0.536. The first-order valence-electron chi connectivity index (χ1n) is 2.96. The summed E-state index contributed by atoms with van der Waals surface area (Å²) in [5, 5.41) is 10.9. The summed E-state index contributed by atoms with van der Waals surface area (Å²) in [7, 11) is 0. The third-order valence-electron chi connectivity index (χ3n) is 1.28. The molecule has 1 aromatic heterocycles. The zero-order valence-corrected chi connectivity index (χ0v) is 6.39. The summed E-state index contributed by atoms with van der Waals surface area (Å²) in [6.07, 6.45) is 0.235. The SMILES string of the molecule is CC(O)c1ccsc1C=O. The summed E-state index contributed by atoms with van der Waals surface area (Å²) in [5.74, 6) is 0. The van der Waals surface area contributed by atoms with Gasteiger partial charge in [0.05, 0.1) is 11.0 Å². The number of aldehydes is 1. The second kappa shape index (κ2) is 2.94. The smallest absolute Gasteiger partial charge is 0.160 e. The second-order valence-corrected chi connectivity index (χ2v) is 2.98. The fourth-order valence-corrected chi connectivity index (χ4v) is 1.56. The molecular formula is C7H8O2S. The number of hydrogen-bond acceptors (Lipinski definition) is 3. The van der Waals surface area contributed by atoms with Crippen LogP contribution < -0.4 is 0 Å². The Morgan fingerprint density at radius 2 is 2.50 bits per heavy atom. The number of rotatable bonds is 2. The van der Waals surface area contributed by atoms with Gasteiger partial charge in [0.1, 0.15) is 0 Å². The first kappa shape index (κ1) is 7.44. The monoisotopic (exact) mass is 156 g/mol. The number of carbonyl (C=O) groups excluding carboxylic acids is 1. The Labute approximate surface area is 63.1 Å². The van der Waals surface area contributed by atoms with Gasteiger partial charge in [0.25, 0.3) is 0 Å². The Balaban J connectivity index is 3.01. The van der Waals surface area contributed by atoms with Gasteiger partial charge in [-0.3, -0.25) is 4.79 Å². The molecule has 0 aromatic carbocycles. The van der Waals surface area contributed by atoms with Crippen LogP contribution in [-0.4, -0.2) is 11.4 Å². The zero-order chi connectivity index (χ0) is 7.56. The van der Waals surface area contributed by atoms with Gasteiger partial charge in [0, 0.05) is 5.56 Å². The molecule has 0 aliphatic heterocycles. The Morgan fingerprint density at radius 1 is 1.80 bits per heavy atom. The molecule has 1 rings (SSSR count). The van der Waals surface area contributed by atoms with Crippen molar-refractivity contribution in [2.45, 2.75) is 13.0 Å². The number of hydrogen-bond donors (Lipinski definition) is 1. The molecule has 54 valence electrons. The maximum atomic E-state index is 10.3. The Morgan fingerprint density at radius 3 is 2.90 bits per heavy atom. The van der Waals surface area contributed by atoms with E-state index in [2.05, 4.69) is 0 Å². The first-order chi connectivity index (χ1) is 4.75. The summed E-state index contributed by atoms with van der Waals surface area (Å²) in [6.45, 7) is 1.65. The summed E-state index contributed by atoms with van der Waals surface area (Å²) in [4.78, 5) is 10.9. The maximum Gasteiger partial charge on any atom is 0.160 e. The summed E-state index contributed by atoms with van der Waals surface area (Å²) in [6, 6.07) is 1.76. The van der Waals surface area contributed by atoms with E-state index in [0.717, 1.165) is 11.8 Å². The van der Waals surface area contributed by atoms with Crippen molar-refractivity contribution in [3.63, 3.8) is 0 Å². The molecule has 0 amide bonds. The van der Waals surface area contributed by atoms with Crippen molar-refractivity contribution in [1.82, 2.24) is 0 Å². The molecule has 1 aromatic rings. The van der Waals surface area contributed by atoms with E-state index >= 15 is 0 Å². The van der Waals surface area contributed by atoms with Gasteiger partial charge in [-0.15, -0.1) is 11.3 Å². The van der Waals surface area contributed by atoms with E-state index in [1.165, 1.54) is 11.3 Å². The molecule has 0 aliphatic carbocycles. The summed E-state index contributed by atoms with van der Waals surface area (Å²) in [5.41, 5.74) is 0.722. The van der Waals surface area contributed by atoms with Gasteiger partial charge >= 0.3 is 0 Å². The minimum Gasteiger partial charge on any atom is -0.389 e. The van der Waals surface area contributed by atoms with E-state index in [1.807, 2.05) is 0 Å². The average molecular weight is 156 g/mol. The van der Waals surface area contributed by atoms with Gasteiger partial charge in [-0.25, -0.2) is 0 Å². The van der Waals surface area contributed by atoms with E-state index in [0.29, 0.717) is 4.88 Å². The van der Waals surface area contributed by atoms with Crippen LogP contribution in [0.5, 0.6) is 0 Å². The Bertz CT molecular complexity index is 227. The van der Waals surface area contributed by atoms with Crippen molar-refractivity contribution in [1.29, 1.82) is 0 Å². The largest absolute Gasteiger partial charge is 0.389 e. The van der Waals surface area contributed by atoms with E-state index in [1.54, 1.807) is 18.4 Å². The molecule has 0 saturated carbocycles. The van der Waals surface area contributed by atoms with Crippen molar-refractivity contribution < 1.29 is 9.90 Å². The molecule has 0 bridgehead atoms. The van der Waals surface area contributed by atoms with Crippen LogP contribution in [0.3, 0.4) is 0 Å². The van der Waals surface area contributed by atoms with Gasteiger partial charge in [-0.2, -0.15) is 0 Å². The lowest BCUT2D eigenvalue weighted by molar-refractivity contribution is 0.112. The van der Waals surface area contributed by atoms with E-state index in [-0.39, 0.29) is 0 Å². The van der Waals surface area contributed by atoms with Crippen LogP contribution in [0, 0.1) is 0 Å². The van der Waals surface area contributed by atoms with Gasteiger partial charge in [-0.05, 0) is 18.4 Å². The van der Waals surface area contributed by atoms with Crippen molar-refractivity contribution in [2.24, 2.45) is 0 Å². The third kappa shape index (κ3) is 1.25. The van der Waals surface area contributed by atoms with Crippen LogP contribution in [0.25, 0.3) is 0 Å². The highest BCUT2D eigenvalue weighted by molar-refractivity contribution is 7.11. The molecule has 0 aliphatic rings. The number of aliphatic hydroxyl groups excluding tert-OH is 1. The topological polar surface area (TPSA) is 37.3 Å². The predicted octanol–water partition coefficient (Wildman–Crippen LogP) is 1.61. The standard InChI is InChI=1S/C7H8O2S/c1-5(9)6-2-3-10-7(6)4-8/h2-5,9H,1H3. The first-order valence-corrected chi connectivity index (χ1v) is 3.84. The van der Waals surface area contributed by atoms with Gasteiger partial charge in [0.2, 0.25) is 0 Å². The molecule has 10 heavy (non-hydrogen) atoms. The zero-order valence-electron chi connectivity index (χ0n) is 5.57. The molecule has 1 heterocycles. The second-order valence-electron chi connectivity index (χ2n) is 2.03. The van der Waals surface area contributed by atoms with Crippen LogP contribution in [0.15, 0.2) is 11.4 Å². The molecule has 1 N–H and O–H groups in total. The highest BCUT2D eigenvalue weighted by Gasteiger charge is 2.06. The molecular weight excluding hydrogens is 148 g/mol. The van der Waals surface area contributed by atoms with Crippen molar-refractivity contribution >= 4 is 17.6 Å². The lowest BCUT2D eigenvalue weighted by Gasteiger charge is -1.99. The number of carbonyl (C=O) groups is 1. The van der Waals surface area contributed by atoms with Crippen LogP contribution in [-0.2, 0) is 0 Å². The molecule has 3 heteroatoms. The van der Waals surface area contributed by atoms with Crippen molar-refractivity contribution in [3.8, 4) is 0 Å². The quantitative estimate of drug-likeness (QED) is 0.660. The molecule has 0 spiro atoms. The van der Waals surface area contributed by atoms with E-state index in [9.17, 15) is 4.79 Å². The van der Waals surface area contributed by atoms with E-state index < -0.39 is 6.10 Å². The van der Waals surface area contributed by atoms with Gasteiger partial charge in [-0.1, -0.05) is 0 Å². The molecule has 2 nitrogen and oxygen atoms in total. The third-order valence-corrected chi connectivity index (χ3v) is 2.14. The van der Waals surface area contributed by atoms with Crippen LogP contribution in [0.2, 0.25) is 0 Å². The van der Waals surface area contributed by atoms with Crippen LogP contribution in [0.1, 0.15) is 28.3 Å². The Hall–Kier alpha value is -0.670. The van der Waals surface area contributed by atoms with Gasteiger partial charge in [0.15, 0.2) is 6.29 Å². The molecule has 0 fully saturated rings. The maximum absolute atomic E-state index is 10.3. The average Bonchev–Trinajstić information content (AvgIpc) is 2.33. The molecule has 1 atom stereocenters. The highest BCUT2D eigenvalue weighted by Crippen LogP contribution is 2.20. The van der Waals surface area contributed by atoms with E-state index in [4.69, 9.17) is 5.11 Å². The predicted molar refractivity (Wildman–Crippen MR) is 40.3 cm³/mol. The molecule has 1 unspecified atom stereocenters. The lowest BCUT2D eigenvalue weighted by atomic mass is 10.2. The normalized spacial score (nSPS) is 13.0. The fraction of sp³-hybridized carbons (Fsp3) is 0.286. The summed E-state index contributed by atoms with van der Waals surface area (Å²) >= 11 is 1.35. The van der Waals surface area contributed by atoms with Gasteiger partial charge < -0.3 is 5.11 Å². The highest BCUT2D eigenvalue weighted by atomic mass is 32.1. The Kier molecular flexibility index (Phi) is 2.19. The van der Waals surface area contributed by atoms with Crippen LogP contribution >= 0.6 is 11.3 Å². The van der Waals surface area contributed by atoms with Crippen LogP contribution in [0.4, 0.5) is 0 Å². The number of thiophene rings is 1. The fourth-order valence-electron chi connectivity index (χ4n) is 0.772. The summed E-state index contributed by atoms with van der Waals surface area (Å²) < 4.78 is 0. The molecule has 0 saturated heterocycles.